The summed E-state index contributed by atoms with van der Waals surface area (Å²) in [5.41, 5.74) is 4.58. The summed E-state index contributed by atoms with van der Waals surface area (Å²) in [4.78, 5) is 12.7. The summed E-state index contributed by atoms with van der Waals surface area (Å²) in [5.74, 6) is -0.555. The van der Waals surface area contributed by atoms with Crippen molar-refractivity contribution in [3.05, 3.63) is 82.9 Å². The van der Waals surface area contributed by atoms with Crippen LogP contribution in [0.1, 0.15) is 22.3 Å². The summed E-state index contributed by atoms with van der Waals surface area (Å²) in [5, 5.41) is 2.63. The lowest BCUT2D eigenvalue weighted by molar-refractivity contribution is -0.114. The van der Waals surface area contributed by atoms with Crippen LogP contribution in [0, 0.1) is 27.7 Å². The van der Waals surface area contributed by atoms with Gasteiger partial charge in [0, 0.05) is 5.69 Å². The van der Waals surface area contributed by atoms with Gasteiger partial charge >= 0.3 is 0 Å². The molecule has 0 aliphatic rings. The quantitative estimate of drug-likeness (QED) is 0.469. The minimum Gasteiger partial charge on any atom is -0.325 e. The number of nitrogens with one attached hydrogen (secondary N) is 2. The summed E-state index contributed by atoms with van der Waals surface area (Å²) >= 11 is 0. The highest BCUT2D eigenvalue weighted by molar-refractivity contribution is 7.92. The van der Waals surface area contributed by atoms with E-state index in [9.17, 15) is 21.6 Å². The number of amides is 1. The van der Waals surface area contributed by atoms with Gasteiger partial charge in [-0.1, -0.05) is 24.3 Å². The van der Waals surface area contributed by atoms with Gasteiger partial charge in [-0.25, -0.2) is 16.8 Å². The average Bonchev–Trinajstić information content (AvgIpc) is 2.76. The highest BCUT2D eigenvalue weighted by atomic mass is 32.2. The van der Waals surface area contributed by atoms with Crippen molar-refractivity contribution in [2.24, 2.45) is 0 Å². The van der Waals surface area contributed by atoms with Crippen molar-refractivity contribution in [1.82, 2.24) is 0 Å². The van der Waals surface area contributed by atoms with E-state index in [1.54, 1.807) is 25.1 Å². The second kappa shape index (κ2) is 10.1. The molecule has 186 valence electrons. The van der Waals surface area contributed by atoms with Gasteiger partial charge in [-0.05, 0) is 86.3 Å². The minimum absolute atomic E-state index is 0.0320. The smallest absolute Gasteiger partial charge is 0.261 e. The fraction of sp³-hybridized carbons (Fsp3) is 0.240. The zero-order valence-corrected chi connectivity index (χ0v) is 21.9. The van der Waals surface area contributed by atoms with E-state index < -0.39 is 32.5 Å². The van der Waals surface area contributed by atoms with E-state index in [-0.39, 0.29) is 4.90 Å². The molecule has 1 amide bonds. The Morgan fingerprint density at radius 2 is 1.37 bits per heavy atom. The SMILES string of the molecule is Cc1ccc(C)c(NS(=O)(=O)c2ccc(NC(=O)CN(c3cc(C)ccc3C)S(C)(=O)=O)cc2)c1. The first kappa shape index (κ1) is 26.2. The Balaban J connectivity index is 1.75. The number of hydrogen-bond donors (Lipinski definition) is 2. The normalized spacial score (nSPS) is 11.7. The molecule has 35 heavy (non-hydrogen) atoms. The van der Waals surface area contributed by atoms with Crippen molar-refractivity contribution < 1.29 is 21.6 Å². The van der Waals surface area contributed by atoms with Crippen LogP contribution in [0.5, 0.6) is 0 Å². The van der Waals surface area contributed by atoms with Gasteiger partial charge in [0.2, 0.25) is 15.9 Å². The van der Waals surface area contributed by atoms with Gasteiger partial charge in [0.15, 0.2) is 0 Å². The average molecular weight is 516 g/mol. The number of benzene rings is 3. The summed E-state index contributed by atoms with van der Waals surface area (Å²) in [7, 11) is -7.55. The minimum atomic E-state index is -3.83. The molecule has 3 aromatic rings. The Labute approximate surface area is 207 Å². The topological polar surface area (TPSA) is 113 Å². The monoisotopic (exact) mass is 515 g/mol. The van der Waals surface area contributed by atoms with Crippen LogP contribution in [0.25, 0.3) is 0 Å². The van der Waals surface area contributed by atoms with Crippen molar-refractivity contribution in [2.45, 2.75) is 32.6 Å². The molecule has 0 spiro atoms. The number of carbonyl (C=O) groups is 1. The Hall–Kier alpha value is -3.37. The molecule has 0 unspecified atom stereocenters. The van der Waals surface area contributed by atoms with Crippen LogP contribution >= 0.6 is 0 Å². The van der Waals surface area contributed by atoms with E-state index >= 15 is 0 Å². The maximum Gasteiger partial charge on any atom is 0.261 e. The Morgan fingerprint density at radius 3 is 1.97 bits per heavy atom. The highest BCUT2D eigenvalue weighted by Crippen LogP contribution is 2.25. The van der Waals surface area contributed by atoms with Crippen LogP contribution in [0.4, 0.5) is 17.1 Å². The van der Waals surface area contributed by atoms with E-state index in [1.807, 2.05) is 39.0 Å². The van der Waals surface area contributed by atoms with Crippen molar-refractivity contribution in [2.75, 3.05) is 27.1 Å². The Bertz CT molecular complexity index is 1470. The first-order valence-corrected chi connectivity index (χ1v) is 14.1. The van der Waals surface area contributed by atoms with E-state index in [4.69, 9.17) is 0 Å². The van der Waals surface area contributed by atoms with Crippen molar-refractivity contribution >= 4 is 43.0 Å². The molecule has 0 fully saturated rings. The van der Waals surface area contributed by atoms with Gasteiger partial charge < -0.3 is 5.32 Å². The fourth-order valence-corrected chi connectivity index (χ4v) is 5.49. The second-order valence-electron chi connectivity index (χ2n) is 8.56. The number of nitrogens with zero attached hydrogens (tertiary/aromatic N) is 1. The number of anilines is 3. The maximum atomic E-state index is 12.8. The van der Waals surface area contributed by atoms with Gasteiger partial charge in [0.25, 0.3) is 10.0 Å². The predicted molar refractivity (Wildman–Crippen MR) is 140 cm³/mol. The van der Waals surface area contributed by atoms with Crippen LogP contribution in [0.15, 0.2) is 65.6 Å². The standard InChI is InChI=1S/C25H29N3O5S2/c1-17-6-8-19(3)23(14-17)27-35(32,33)22-12-10-21(11-13-22)26-25(29)16-28(34(5,30)31)24-15-18(2)7-9-20(24)4/h6-15,27H,16H2,1-5H3,(H,26,29). The zero-order valence-electron chi connectivity index (χ0n) is 20.3. The molecule has 0 heterocycles. The lowest BCUT2D eigenvalue weighted by atomic mass is 10.1. The van der Waals surface area contributed by atoms with E-state index in [0.29, 0.717) is 17.1 Å². The molecule has 0 bridgehead atoms. The number of aryl methyl sites for hydroxylation is 4. The van der Waals surface area contributed by atoms with Crippen molar-refractivity contribution in [3.8, 4) is 0 Å². The molecule has 0 aliphatic heterocycles. The lowest BCUT2D eigenvalue weighted by Gasteiger charge is -2.24. The fourth-order valence-electron chi connectivity index (χ4n) is 3.47. The summed E-state index contributed by atoms with van der Waals surface area (Å²) in [6.45, 7) is 6.88. The number of carbonyl (C=O) groups excluding carboxylic acids is 1. The van der Waals surface area contributed by atoms with Crippen LogP contribution < -0.4 is 14.3 Å². The van der Waals surface area contributed by atoms with Crippen LogP contribution in [0.3, 0.4) is 0 Å². The molecular formula is C25H29N3O5S2. The molecule has 0 aromatic heterocycles. The van der Waals surface area contributed by atoms with E-state index in [2.05, 4.69) is 10.0 Å². The maximum absolute atomic E-state index is 12.8. The number of rotatable bonds is 8. The summed E-state index contributed by atoms with van der Waals surface area (Å²) in [6.07, 6.45) is 1.05. The second-order valence-corrected chi connectivity index (χ2v) is 12.1. The van der Waals surface area contributed by atoms with Crippen LogP contribution in [-0.4, -0.2) is 35.5 Å². The Morgan fingerprint density at radius 1 is 0.800 bits per heavy atom. The Kier molecular flexibility index (Phi) is 7.56. The van der Waals surface area contributed by atoms with Gasteiger partial charge in [0.05, 0.1) is 22.5 Å². The number of sulfonamides is 2. The molecular weight excluding hydrogens is 486 g/mol. The largest absolute Gasteiger partial charge is 0.325 e. The molecule has 0 saturated carbocycles. The molecule has 0 radical (unpaired) electrons. The van der Waals surface area contributed by atoms with Gasteiger partial charge in [0.1, 0.15) is 6.54 Å². The summed E-state index contributed by atoms with van der Waals surface area (Å²) in [6, 6.07) is 16.5. The van der Waals surface area contributed by atoms with E-state index in [0.717, 1.165) is 32.8 Å². The van der Waals surface area contributed by atoms with Gasteiger partial charge in [-0.2, -0.15) is 0 Å². The highest BCUT2D eigenvalue weighted by Gasteiger charge is 2.23. The lowest BCUT2D eigenvalue weighted by Crippen LogP contribution is -2.37. The van der Waals surface area contributed by atoms with Crippen molar-refractivity contribution in [3.63, 3.8) is 0 Å². The third-order valence-corrected chi connectivity index (χ3v) is 7.91. The summed E-state index contributed by atoms with van der Waals surface area (Å²) < 4.78 is 54.0. The predicted octanol–water partition coefficient (Wildman–Crippen LogP) is 4.13. The molecule has 3 rings (SSSR count). The van der Waals surface area contributed by atoms with E-state index in [1.165, 1.54) is 24.3 Å². The van der Waals surface area contributed by atoms with Crippen LogP contribution in [0.2, 0.25) is 0 Å². The molecule has 3 aromatic carbocycles. The first-order chi connectivity index (χ1) is 16.3. The number of hydrogen-bond acceptors (Lipinski definition) is 5. The third-order valence-electron chi connectivity index (χ3n) is 5.41. The third kappa shape index (κ3) is 6.61. The first-order valence-electron chi connectivity index (χ1n) is 10.8. The molecule has 10 heteroatoms. The van der Waals surface area contributed by atoms with Gasteiger partial charge in [-0.15, -0.1) is 0 Å². The van der Waals surface area contributed by atoms with Crippen LogP contribution in [-0.2, 0) is 24.8 Å². The molecule has 0 atom stereocenters. The molecule has 8 nitrogen and oxygen atoms in total. The zero-order chi connectivity index (χ0) is 26.0. The van der Waals surface area contributed by atoms with Crippen molar-refractivity contribution in [1.29, 1.82) is 0 Å². The molecule has 0 aliphatic carbocycles. The molecule has 0 saturated heterocycles. The molecule has 2 N–H and O–H groups in total. The van der Waals surface area contributed by atoms with Gasteiger partial charge in [-0.3, -0.25) is 13.8 Å².